The van der Waals surface area contributed by atoms with E-state index in [-0.39, 0.29) is 5.82 Å². The molecule has 1 aromatic heterocycles. The molecule has 0 saturated heterocycles. The summed E-state index contributed by atoms with van der Waals surface area (Å²) in [6, 6.07) is 5.03. The van der Waals surface area contributed by atoms with Gasteiger partial charge in [-0.15, -0.1) is 11.3 Å². The van der Waals surface area contributed by atoms with Gasteiger partial charge in [0.05, 0.1) is 5.69 Å². The van der Waals surface area contributed by atoms with Gasteiger partial charge in [0.25, 0.3) is 0 Å². The molecule has 0 aliphatic carbocycles. The molecule has 0 aliphatic rings. The Labute approximate surface area is 99.0 Å². The third kappa shape index (κ3) is 2.30. The molecule has 84 valence electrons. The zero-order chi connectivity index (χ0) is 11.7. The van der Waals surface area contributed by atoms with Gasteiger partial charge >= 0.3 is 0 Å². The predicted octanol–water partition coefficient (Wildman–Crippen LogP) is 4.38. The van der Waals surface area contributed by atoms with Crippen molar-refractivity contribution in [2.45, 2.75) is 26.7 Å². The van der Waals surface area contributed by atoms with Crippen molar-refractivity contribution < 1.29 is 4.39 Å². The lowest BCUT2D eigenvalue weighted by Crippen LogP contribution is -1.87. The van der Waals surface area contributed by atoms with Crippen LogP contribution in [-0.4, -0.2) is 4.98 Å². The van der Waals surface area contributed by atoms with Crippen molar-refractivity contribution in [2.24, 2.45) is 0 Å². The molecule has 0 unspecified atom stereocenters. The second kappa shape index (κ2) is 4.34. The lowest BCUT2D eigenvalue weighted by atomic mass is 10.1. The molecule has 0 N–H and O–H groups in total. The van der Waals surface area contributed by atoms with E-state index in [1.165, 1.54) is 12.1 Å². The normalized spacial score (nSPS) is 11.1. The van der Waals surface area contributed by atoms with Crippen LogP contribution in [0, 0.1) is 12.7 Å². The van der Waals surface area contributed by atoms with E-state index >= 15 is 0 Å². The Kier molecular flexibility index (Phi) is 3.06. The molecule has 0 spiro atoms. The molecule has 2 aromatic rings. The number of hydrogen-bond donors (Lipinski definition) is 0. The molecule has 0 amide bonds. The number of benzene rings is 1. The summed E-state index contributed by atoms with van der Waals surface area (Å²) in [6.07, 6.45) is 0. The Balaban J connectivity index is 2.42. The van der Waals surface area contributed by atoms with Crippen molar-refractivity contribution in [3.8, 4) is 10.6 Å². The minimum Gasteiger partial charge on any atom is -0.241 e. The van der Waals surface area contributed by atoms with Gasteiger partial charge < -0.3 is 0 Å². The zero-order valence-corrected chi connectivity index (χ0v) is 10.4. The van der Waals surface area contributed by atoms with E-state index in [0.29, 0.717) is 5.92 Å². The molecule has 0 radical (unpaired) electrons. The highest BCUT2D eigenvalue weighted by molar-refractivity contribution is 7.13. The highest BCUT2D eigenvalue weighted by atomic mass is 32.1. The Bertz CT molecular complexity index is 482. The van der Waals surface area contributed by atoms with Crippen LogP contribution in [-0.2, 0) is 0 Å². The van der Waals surface area contributed by atoms with Crippen LogP contribution in [0.4, 0.5) is 4.39 Å². The molecule has 1 aromatic carbocycles. The summed E-state index contributed by atoms with van der Waals surface area (Å²) in [4.78, 5) is 4.51. The second-order valence-electron chi connectivity index (χ2n) is 4.25. The first-order chi connectivity index (χ1) is 7.56. The topological polar surface area (TPSA) is 12.9 Å². The quantitative estimate of drug-likeness (QED) is 0.752. The Hall–Kier alpha value is -1.22. The number of aromatic nitrogens is 1. The molecule has 0 aliphatic heterocycles. The molecule has 1 nitrogen and oxygen atoms in total. The number of halogens is 1. The van der Waals surface area contributed by atoms with Crippen LogP contribution in [0.25, 0.3) is 10.6 Å². The first-order valence-electron chi connectivity index (χ1n) is 5.29. The van der Waals surface area contributed by atoms with Crippen molar-refractivity contribution in [2.75, 3.05) is 0 Å². The van der Waals surface area contributed by atoms with Crippen molar-refractivity contribution in [1.29, 1.82) is 0 Å². The maximum atomic E-state index is 13.3. The van der Waals surface area contributed by atoms with Crippen molar-refractivity contribution in [1.82, 2.24) is 4.98 Å². The summed E-state index contributed by atoms with van der Waals surface area (Å²) in [5.41, 5.74) is 2.87. The van der Waals surface area contributed by atoms with Gasteiger partial charge in [-0.25, -0.2) is 9.37 Å². The minimum atomic E-state index is -0.198. The third-order valence-corrected chi connectivity index (χ3v) is 3.31. The molecular weight excluding hydrogens is 221 g/mol. The fourth-order valence-corrected chi connectivity index (χ4v) is 2.51. The average molecular weight is 235 g/mol. The SMILES string of the molecule is Cc1cc(F)cc(-c2nc(C(C)C)cs2)c1. The van der Waals surface area contributed by atoms with Gasteiger partial charge in [0, 0.05) is 10.9 Å². The number of thiazole rings is 1. The largest absolute Gasteiger partial charge is 0.241 e. The maximum Gasteiger partial charge on any atom is 0.124 e. The van der Waals surface area contributed by atoms with Crippen LogP contribution in [0.3, 0.4) is 0 Å². The van der Waals surface area contributed by atoms with Gasteiger partial charge in [-0.3, -0.25) is 0 Å². The smallest absolute Gasteiger partial charge is 0.124 e. The van der Waals surface area contributed by atoms with E-state index in [9.17, 15) is 4.39 Å². The standard InChI is InChI=1S/C13H14FNS/c1-8(2)12-7-16-13(15-12)10-4-9(3)5-11(14)6-10/h4-8H,1-3H3. The van der Waals surface area contributed by atoms with Crippen LogP contribution in [0.15, 0.2) is 23.6 Å². The summed E-state index contributed by atoms with van der Waals surface area (Å²) in [6.45, 7) is 6.11. The Morgan fingerprint density at radius 2 is 2.00 bits per heavy atom. The van der Waals surface area contributed by atoms with E-state index in [1.807, 2.05) is 18.4 Å². The van der Waals surface area contributed by atoms with Crippen LogP contribution in [0.2, 0.25) is 0 Å². The molecule has 1 heterocycles. The summed E-state index contributed by atoms with van der Waals surface area (Å²) in [7, 11) is 0. The van der Waals surface area contributed by atoms with Gasteiger partial charge in [-0.1, -0.05) is 13.8 Å². The molecule has 2 rings (SSSR count). The Morgan fingerprint density at radius 1 is 1.25 bits per heavy atom. The first-order valence-corrected chi connectivity index (χ1v) is 6.17. The highest BCUT2D eigenvalue weighted by Gasteiger charge is 2.08. The lowest BCUT2D eigenvalue weighted by Gasteiger charge is -2.00. The summed E-state index contributed by atoms with van der Waals surface area (Å²) >= 11 is 1.57. The van der Waals surface area contributed by atoms with Crippen LogP contribution in [0.1, 0.15) is 31.0 Å². The molecule has 0 bridgehead atoms. The zero-order valence-electron chi connectivity index (χ0n) is 9.62. The number of hydrogen-bond acceptors (Lipinski definition) is 2. The summed E-state index contributed by atoms with van der Waals surface area (Å²) < 4.78 is 13.3. The molecule has 3 heteroatoms. The van der Waals surface area contributed by atoms with Crippen LogP contribution >= 0.6 is 11.3 Å². The molecule has 0 saturated carbocycles. The maximum absolute atomic E-state index is 13.3. The number of rotatable bonds is 2. The molecule has 0 fully saturated rings. The number of nitrogens with zero attached hydrogens (tertiary/aromatic N) is 1. The molecule has 16 heavy (non-hydrogen) atoms. The number of aryl methyl sites for hydroxylation is 1. The predicted molar refractivity (Wildman–Crippen MR) is 66.3 cm³/mol. The average Bonchev–Trinajstić information content (AvgIpc) is 2.64. The van der Waals surface area contributed by atoms with E-state index in [2.05, 4.69) is 18.8 Å². The fourth-order valence-electron chi connectivity index (χ4n) is 1.54. The van der Waals surface area contributed by atoms with Crippen LogP contribution < -0.4 is 0 Å². The van der Waals surface area contributed by atoms with Gasteiger partial charge in [-0.05, 0) is 36.6 Å². The summed E-state index contributed by atoms with van der Waals surface area (Å²) in [5.74, 6) is 0.218. The van der Waals surface area contributed by atoms with E-state index in [0.717, 1.165) is 21.8 Å². The van der Waals surface area contributed by atoms with E-state index in [1.54, 1.807) is 11.3 Å². The molecular formula is C13H14FNS. The highest BCUT2D eigenvalue weighted by Crippen LogP contribution is 2.27. The fraction of sp³-hybridized carbons (Fsp3) is 0.308. The van der Waals surface area contributed by atoms with E-state index < -0.39 is 0 Å². The van der Waals surface area contributed by atoms with Crippen LogP contribution in [0.5, 0.6) is 0 Å². The minimum absolute atomic E-state index is 0.198. The lowest BCUT2D eigenvalue weighted by molar-refractivity contribution is 0.627. The van der Waals surface area contributed by atoms with Crippen molar-refractivity contribution >= 4 is 11.3 Å². The van der Waals surface area contributed by atoms with Gasteiger partial charge in [0.1, 0.15) is 10.8 Å². The van der Waals surface area contributed by atoms with Gasteiger partial charge in [0.15, 0.2) is 0 Å². The Morgan fingerprint density at radius 3 is 2.56 bits per heavy atom. The van der Waals surface area contributed by atoms with Gasteiger partial charge in [-0.2, -0.15) is 0 Å². The van der Waals surface area contributed by atoms with Gasteiger partial charge in [0.2, 0.25) is 0 Å². The second-order valence-corrected chi connectivity index (χ2v) is 5.11. The van der Waals surface area contributed by atoms with E-state index in [4.69, 9.17) is 0 Å². The summed E-state index contributed by atoms with van der Waals surface area (Å²) in [5, 5.41) is 2.94. The monoisotopic (exact) mass is 235 g/mol. The van der Waals surface area contributed by atoms with Crippen molar-refractivity contribution in [3.05, 3.63) is 40.7 Å². The first kappa shape index (κ1) is 11.3. The third-order valence-electron chi connectivity index (χ3n) is 2.40. The molecule has 0 atom stereocenters. The van der Waals surface area contributed by atoms with Crippen molar-refractivity contribution in [3.63, 3.8) is 0 Å².